The standard InChI is InChI=1S/C24H22BrNO4/c1-14-4-2-3-9-26(14)13-19-20(27)7-6-18-23(28)22(30-24(18)19)12-17-11-15-10-16(25)5-8-21(15)29-17/h5-8,10-12,14,27H,2-4,9,13H2,1H3/t14-/m1/s1. The Bertz CT molecular complexity index is 1180. The number of rotatable bonds is 3. The van der Waals surface area contributed by atoms with Gasteiger partial charge in [-0.15, -0.1) is 0 Å². The van der Waals surface area contributed by atoms with Crippen LogP contribution in [0.15, 0.2) is 51.0 Å². The number of phenolic OH excluding ortho intramolecular Hbond substituents is 1. The number of likely N-dealkylation sites (tertiary alicyclic amines) is 1. The number of ketones is 1. The average Bonchev–Trinajstić information content (AvgIpc) is 3.26. The highest BCUT2D eigenvalue weighted by Gasteiger charge is 2.32. The van der Waals surface area contributed by atoms with Gasteiger partial charge < -0.3 is 14.3 Å². The minimum absolute atomic E-state index is 0.161. The summed E-state index contributed by atoms with van der Waals surface area (Å²) in [5, 5.41) is 11.5. The molecule has 0 unspecified atom stereocenters. The predicted octanol–water partition coefficient (Wildman–Crippen LogP) is 5.89. The number of piperidine rings is 1. The zero-order valence-corrected chi connectivity index (χ0v) is 18.2. The molecule has 3 aromatic rings. The SMILES string of the molecule is C[C@@H]1CCCCN1Cc1c(O)ccc2c1OC(=Cc1cc3cc(Br)ccc3o1)C2=O. The average molecular weight is 468 g/mol. The van der Waals surface area contributed by atoms with E-state index in [1.54, 1.807) is 18.2 Å². The molecule has 0 radical (unpaired) electrons. The van der Waals surface area contributed by atoms with E-state index >= 15 is 0 Å². The van der Waals surface area contributed by atoms with Gasteiger partial charge in [-0.25, -0.2) is 0 Å². The van der Waals surface area contributed by atoms with Gasteiger partial charge in [0.1, 0.15) is 22.8 Å². The number of hydrogen-bond donors (Lipinski definition) is 1. The number of allylic oxidation sites excluding steroid dienone is 1. The molecule has 1 atom stereocenters. The lowest BCUT2D eigenvalue weighted by atomic mass is 10.0. The van der Waals surface area contributed by atoms with Crippen LogP contribution in [0.2, 0.25) is 0 Å². The zero-order valence-electron chi connectivity index (χ0n) is 16.7. The number of ether oxygens (including phenoxy) is 1. The summed E-state index contributed by atoms with van der Waals surface area (Å²) in [7, 11) is 0. The van der Waals surface area contributed by atoms with Gasteiger partial charge in [0.15, 0.2) is 5.76 Å². The molecule has 2 aliphatic heterocycles. The topological polar surface area (TPSA) is 62.9 Å². The minimum atomic E-state index is -0.195. The summed E-state index contributed by atoms with van der Waals surface area (Å²) in [5.74, 6) is 1.19. The summed E-state index contributed by atoms with van der Waals surface area (Å²) in [6.45, 7) is 3.75. The fraction of sp³-hybridized carbons (Fsp3) is 0.292. The van der Waals surface area contributed by atoms with E-state index in [0.29, 0.717) is 35.2 Å². The van der Waals surface area contributed by atoms with Gasteiger partial charge in [-0.1, -0.05) is 22.4 Å². The van der Waals surface area contributed by atoms with E-state index < -0.39 is 0 Å². The van der Waals surface area contributed by atoms with Crippen molar-refractivity contribution in [2.75, 3.05) is 6.54 Å². The Morgan fingerprint density at radius 2 is 2.10 bits per heavy atom. The van der Waals surface area contributed by atoms with Crippen molar-refractivity contribution in [1.29, 1.82) is 0 Å². The van der Waals surface area contributed by atoms with Crippen LogP contribution in [0, 0.1) is 0 Å². The molecule has 5 nitrogen and oxygen atoms in total. The van der Waals surface area contributed by atoms with E-state index in [0.717, 1.165) is 34.8 Å². The van der Waals surface area contributed by atoms with Crippen LogP contribution in [0.4, 0.5) is 0 Å². The third-order valence-electron chi connectivity index (χ3n) is 5.99. The molecule has 30 heavy (non-hydrogen) atoms. The van der Waals surface area contributed by atoms with E-state index in [2.05, 4.69) is 27.8 Å². The molecular formula is C24H22BrNO4. The highest BCUT2D eigenvalue weighted by Crippen LogP contribution is 2.41. The van der Waals surface area contributed by atoms with Gasteiger partial charge in [0.25, 0.3) is 0 Å². The number of aromatic hydroxyl groups is 1. The maximum Gasteiger partial charge on any atom is 0.232 e. The molecule has 2 aromatic carbocycles. The van der Waals surface area contributed by atoms with Crippen LogP contribution in [-0.4, -0.2) is 28.4 Å². The van der Waals surface area contributed by atoms with Crippen molar-refractivity contribution < 1.29 is 19.1 Å². The molecular weight excluding hydrogens is 446 g/mol. The van der Waals surface area contributed by atoms with Crippen molar-refractivity contribution in [1.82, 2.24) is 4.90 Å². The van der Waals surface area contributed by atoms with Gasteiger partial charge in [-0.05, 0) is 62.7 Å². The van der Waals surface area contributed by atoms with Crippen molar-refractivity contribution in [2.45, 2.75) is 38.8 Å². The quantitative estimate of drug-likeness (QED) is 0.486. The molecule has 154 valence electrons. The molecule has 1 saturated heterocycles. The van der Waals surface area contributed by atoms with E-state index in [1.165, 1.54) is 6.42 Å². The van der Waals surface area contributed by atoms with E-state index in [9.17, 15) is 9.90 Å². The second-order valence-corrected chi connectivity index (χ2v) is 8.94. The number of hydrogen-bond acceptors (Lipinski definition) is 5. The van der Waals surface area contributed by atoms with Crippen LogP contribution in [0.5, 0.6) is 11.5 Å². The Hall–Kier alpha value is -2.57. The monoisotopic (exact) mass is 467 g/mol. The van der Waals surface area contributed by atoms with Gasteiger partial charge in [0.05, 0.1) is 11.1 Å². The van der Waals surface area contributed by atoms with Crippen LogP contribution in [0.25, 0.3) is 17.0 Å². The molecule has 0 spiro atoms. The number of Topliss-reactive ketones (excluding diaryl/α,β-unsaturated/α-hetero) is 1. The number of benzene rings is 2. The number of phenols is 1. The van der Waals surface area contributed by atoms with Crippen molar-refractivity contribution in [3.8, 4) is 11.5 Å². The molecule has 1 aromatic heterocycles. The Morgan fingerprint density at radius 1 is 1.23 bits per heavy atom. The summed E-state index contributed by atoms with van der Waals surface area (Å²) in [6.07, 6.45) is 5.14. The van der Waals surface area contributed by atoms with E-state index in [-0.39, 0.29) is 17.3 Å². The number of carbonyl (C=O) groups is 1. The largest absolute Gasteiger partial charge is 0.507 e. The van der Waals surface area contributed by atoms with Crippen LogP contribution in [0.3, 0.4) is 0 Å². The van der Waals surface area contributed by atoms with Gasteiger partial charge in [0.2, 0.25) is 5.78 Å². The first-order chi connectivity index (χ1) is 14.5. The molecule has 0 amide bonds. The molecule has 1 N–H and O–H groups in total. The highest BCUT2D eigenvalue weighted by atomic mass is 79.9. The fourth-order valence-electron chi connectivity index (χ4n) is 4.28. The maximum atomic E-state index is 13.0. The Balaban J connectivity index is 1.48. The van der Waals surface area contributed by atoms with Gasteiger partial charge in [-0.2, -0.15) is 0 Å². The first kappa shape index (κ1) is 19.4. The van der Waals surface area contributed by atoms with Gasteiger partial charge >= 0.3 is 0 Å². The molecule has 0 aliphatic carbocycles. The summed E-state index contributed by atoms with van der Waals surface area (Å²) in [4.78, 5) is 15.3. The fourth-order valence-corrected chi connectivity index (χ4v) is 4.66. The molecule has 1 fully saturated rings. The smallest absolute Gasteiger partial charge is 0.232 e. The lowest BCUT2D eigenvalue weighted by Gasteiger charge is -2.33. The first-order valence-corrected chi connectivity index (χ1v) is 11.0. The Labute approximate surface area is 183 Å². The summed E-state index contributed by atoms with van der Waals surface area (Å²) in [6, 6.07) is 11.3. The zero-order chi connectivity index (χ0) is 20.8. The predicted molar refractivity (Wildman–Crippen MR) is 119 cm³/mol. The number of furan rings is 1. The number of carbonyl (C=O) groups excluding carboxylic acids is 1. The first-order valence-electron chi connectivity index (χ1n) is 10.2. The molecule has 5 rings (SSSR count). The van der Waals surface area contributed by atoms with Crippen molar-refractivity contribution in [2.24, 2.45) is 0 Å². The van der Waals surface area contributed by atoms with E-state index in [1.807, 2.05) is 24.3 Å². The highest BCUT2D eigenvalue weighted by molar-refractivity contribution is 9.10. The summed E-state index contributed by atoms with van der Waals surface area (Å²) >= 11 is 3.45. The van der Waals surface area contributed by atoms with Gasteiger partial charge in [-0.3, -0.25) is 9.69 Å². The lowest BCUT2D eigenvalue weighted by molar-refractivity contribution is 0.101. The second-order valence-electron chi connectivity index (χ2n) is 8.03. The molecule has 2 aliphatic rings. The summed E-state index contributed by atoms with van der Waals surface area (Å²) < 4.78 is 12.8. The normalized spacial score (nSPS) is 20.7. The number of nitrogens with zero attached hydrogens (tertiary/aromatic N) is 1. The third-order valence-corrected chi connectivity index (χ3v) is 6.48. The van der Waals surface area contributed by atoms with Crippen LogP contribution in [-0.2, 0) is 6.54 Å². The molecule has 0 bridgehead atoms. The third kappa shape index (κ3) is 3.44. The van der Waals surface area contributed by atoms with Crippen LogP contribution < -0.4 is 4.74 Å². The minimum Gasteiger partial charge on any atom is -0.507 e. The number of halogens is 1. The molecule has 6 heteroatoms. The second kappa shape index (κ2) is 7.60. The lowest BCUT2D eigenvalue weighted by Crippen LogP contribution is -2.36. The van der Waals surface area contributed by atoms with Crippen LogP contribution in [0.1, 0.15) is 47.9 Å². The molecule has 3 heterocycles. The Morgan fingerprint density at radius 3 is 2.93 bits per heavy atom. The van der Waals surface area contributed by atoms with Crippen molar-refractivity contribution >= 4 is 38.8 Å². The van der Waals surface area contributed by atoms with Crippen molar-refractivity contribution in [3.05, 3.63) is 63.5 Å². The van der Waals surface area contributed by atoms with Crippen molar-refractivity contribution in [3.63, 3.8) is 0 Å². The van der Waals surface area contributed by atoms with Crippen LogP contribution >= 0.6 is 15.9 Å². The maximum absolute atomic E-state index is 13.0. The Kier molecular flexibility index (Phi) is 4.91. The summed E-state index contributed by atoms with van der Waals surface area (Å²) in [5.41, 5.74) is 1.90. The van der Waals surface area contributed by atoms with Gasteiger partial charge in [0, 0.05) is 28.5 Å². The number of fused-ring (bicyclic) bond motifs is 2. The van der Waals surface area contributed by atoms with E-state index in [4.69, 9.17) is 9.15 Å². The molecule has 0 saturated carbocycles.